The van der Waals surface area contributed by atoms with Crippen molar-refractivity contribution in [2.45, 2.75) is 385 Å². The van der Waals surface area contributed by atoms with Gasteiger partial charge in [0.25, 0.3) is 0 Å². The topological polar surface area (TPSA) is 0 Å². The zero-order chi connectivity index (χ0) is 85.5. The van der Waals surface area contributed by atoms with Crippen LogP contribution in [-0.4, -0.2) is 0 Å². The Bertz CT molecular complexity index is 3730. The van der Waals surface area contributed by atoms with E-state index in [0.29, 0.717) is 27.8 Å². The molecule has 10 fully saturated rings. The van der Waals surface area contributed by atoms with Crippen LogP contribution in [0.25, 0.3) is 0 Å². The van der Waals surface area contributed by atoms with E-state index in [-0.39, 0.29) is 29.6 Å². The maximum Gasteiger partial charge on any atom is 0.194 e. The lowest BCUT2D eigenvalue weighted by molar-refractivity contribution is 0.155. The molecule has 0 bridgehead atoms. The van der Waals surface area contributed by atoms with Crippen LogP contribution in [-0.2, 0) is 0 Å². The third-order valence-corrected chi connectivity index (χ3v) is 32.7. The Balaban J connectivity index is 0.000000147. The van der Waals surface area contributed by atoms with E-state index in [2.05, 4.69) is 34.6 Å². The van der Waals surface area contributed by atoms with Gasteiger partial charge < -0.3 is 0 Å². The number of halogens is 15. The zero-order valence-electron chi connectivity index (χ0n) is 73.3. The lowest BCUT2D eigenvalue weighted by Gasteiger charge is -2.38. The van der Waals surface area contributed by atoms with Gasteiger partial charge in [0.05, 0.1) is 0 Å². The summed E-state index contributed by atoms with van der Waals surface area (Å²) in [4.78, 5) is 0. The second kappa shape index (κ2) is 47.6. The summed E-state index contributed by atoms with van der Waals surface area (Å²) in [5, 5.41) is 0. The molecule has 0 amide bonds. The third-order valence-electron chi connectivity index (χ3n) is 32.7. The number of hydrogen-bond donors (Lipinski definition) is 0. The standard InChI is InChI=1S/C23H33F3.C22H31F3.C21H29F3.C20H27F3.C19H25F3/c1-2-3-4-5-16-6-8-17(9-7-16)18-10-12-19(13-11-18)20-14-21(24)23(26)22(25)15-20;1-2-3-4-15-5-7-16(8-6-15)17-9-11-18(12-10-17)19-13-20(23)22(25)21(24)14-19;1-2-3-14-4-6-15(7-5-14)16-8-10-17(11-9-16)18-12-19(22)21(24)20(23)13-18;1-2-13-3-5-14(6-4-13)15-7-9-16(10-8-15)17-11-18(21)20(23)19(22)12-17;1-12-2-4-13(5-3-12)14-6-8-15(9-7-14)16-10-17(20)19(22)18(21)11-16/h14-19H,2-13H2,1H3;13-18H,2-12H2,1H3;12-17H,2-11H2,1H3;11-16H,2-10H2,1H3;10-15H,2-9H2,1H3. The Morgan fingerprint density at radius 2 is 0.367 bits per heavy atom. The summed E-state index contributed by atoms with van der Waals surface area (Å²) in [7, 11) is 0. The molecule has 15 rings (SSSR count). The molecule has 120 heavy (non-hydrogen) atoms. The maximum atomic E-state index is 13.5. The second-order valence-electron chi connectivity index (χ2n) is 40.0. The molecule has 0 saturated heterocycles. The van der Waals surface area contributed by atoms with E-state index in [4.69, 9.17) is 0 Å². The highest BCUT2D eigenvalue weighted by Crippen LogP contribution is 2.51. The largest absolute Gasteiger partial charge is 0.204 e. The van der Waals surface area contributed by atoms with Crippen molar-refractivity contribution in [3.05, 3.63) is 176 Å². The van der Waals surface area contributed by atoms with Gasteiger partial charge in [0.15, 0.2) is 87.3 Å². The predicted molar refractivity (Wildman–Crippen MR) is 457 cm³/mol. The number of rotatable bonds is 20. The first kappa shape index (κ1) is 95.7. The van der Waals surface area contributed by atoms with Crippen molar-refractivity contribution < 1.29 is 65.9 Å². The first-order chi connectivity index (χ1) is 57.9. The Morgan fingerprint density at radius 1 is 0.192 bits per heavy atom. The molecule has 0 spiro atoms. The first-order valence-corrected chi connectivity index (χ1v) is 48.6. The predicted octanol–water partition coefficient (Wildman–Crippen LogP) is 34.9. The Kier molecular flexibility index (Phi) is 37.9. The van der Waals surface area contributed by atoms with E-state index in [1.807, 2.05) is 0 Å². The first-order valence-electron chi connectivity index (χ1n) is 48.6. The van der Waals surface area contributed by atoms with Gasteiger partial charge >= 0.3 is 0 Å². The van der Waals surface area contributed by atoms with Crippen LogP contribution < -0.4 is 0 Å². The molecule has 0 radical (unpaired) electrons. The molecule has 5 aromatic rings. The molecule has 0 nitrogen and oxygen atoms in total. The van der Waals surface area contributed by atoms with Crippen molar-refractivity contribution >= 4 is 0 Å². The Labute approximate surface area is 711 Å². The fourth-order valence-corrected chi connectivity index (χ4v) is 24.9. The molecule has 0 aromatic heterocycles. The van der Waals surface area contributed by atoms with E-state index in [1.165, 1.54) is 253 Å². The van der Waals surface area contributed by atoms with Gasteiger partial charge in [-0.25, -0.2) is 65.9 Å². The highest BCUT2D eigenvalue weighted by atomic mass is 19.2. The SMILES string of the molecule is CC1CCC(C2CCC(c3cc(F)c(F)c(F)c3)CC2)CC1.CCC1CCC(C2CCC(c3cc(F)c(F)c(F)c3)CC2)CC1.CCCC1CCC(C2CCC(c3cc(F)c(F)c(F)c3)CC2)CC1.CCCCC1CCC(C2CCC(c3cc(F)c(F)c(F)c3)CC2)CC1.CCCCCC1CCC(C2CCC(c3cc(F)c(F)c(F)c3)CC2)CC1. The fraction of sp³-hybridized carbons (Fsp3) is 0.714. The minimum atomic E-state index is -1.35. The average Bonchev–Trinajstić information content (AvgIpc) is 0.831. The third kappa shape index (κ3) is 27.1. The van der Waals surface area contributed by atoms with E-state index in [0.717, 1.165) is 217 Å². The summed E-state index contributed by atoms with van der Waals surface area (Å²) in [6.07, 6.45) is 62.1. The highest BCUT2D eigenvalue weighted by molar-refractivity contribution is 5.28. The van der Waals surface area contributed by atoms with Gasteiger partial charge in [-0.2, -0.15) is 0 Å². The van der Waals surface area contributed by atoms with Crippen LogP contribution in [0.2, 0.25) is 0 Å². The molecule has 0 N–H and O–H groups in total. The van der Waals surface area contributed by atoms with E-state index < -0.39 is 87.3 Å². The normalized spacial score (nSPS) is 31.2. The molecular weight excluding hydrogens is 1550 g/mol. The second-order valence-corrected chi connectivity index (χ2v) is 40.0. The van der Waals surface area contributed by atoms with Gasteiger partial charge in [-0.3, -0.25) is 0 Å². The van der Waals surface area contributed by atoms with Crippen molar-refractivity contribution in [1.82, 2.24) is 0 Å². The summed E-state index contributed by atoms with van der Waals surface area (Å²) in [5.74, 6) is -3.65. The van der Waals surface area contributed by atoms with Gasteiger partial charge in [0.2, 0.25) is 0 Å². The van der Waals surface area contributed by atoms with Gasteiger partial charge in [-0.05, 0) is 399 Å². The number of hydrogen-bond acceptors (Lipinski definition) is 0. The maximum absolute atomic E-state index is 13.5. The summed E-state index contributed by atoms with van der Waals surface area (Å²) >= 11 is 0. The molecule has 10 aliphatic carbocycles. The van der Waals surface area contributed by atoms with Crippen LogP contribution in [0.3, 0.4) is 0 Å². The smallest absolute Gasteiger partial charge is 0.194 e. The molecule has 15 heteroatoms. The van der Waals surface area contributed by atoms with E-state index in [9.17, 15) is 65.9 Å². The quantitative estimate of drug-likeness (QED) is 0.0414. The van der Waals surface area contributed by atoms with Gasteiger partial charge in [-0.1, -0.05) is 163 Å². The minimum absolute atomic E-state index is 0.182. The molecule has 10 aliphatic rings. The molecule has 0 aliphatic heterocycles. The van der Waals surface area contributed by atoms with Crippen LogP contribution >= 0.6 is 0 Å². The monoisotopic (exact) mass is 1690 g/mol. The molecule has 10 saturated carbocycles. The highest BCUT2D eigenvalue weighted by Gasteiger charge is 2.38. The van der Waals surface area contributed by atoms with Crippen molar-refractivity contribution in [3.8, 4) is 0 Å². The van der Waals surface area contributed by atoms with Gasteiger partial charge in [0.1, 0.15) is 0 Å². The molecule has 5 aromatic carbocycles. The lowest BCUT2D eigenvalue weighted by atomic mass is 9.68. The van der Waals surface area contributed by atoms with Crippen molar-refractivity contribution in [2.24, 2.45) is 88.8 Å². The average molecular weight is 1690 g/mol. The van der Waals surface area contributed by atoms with Crippen LogP contribution in [0.5, 0.6) is 0 Å². The Hall–Kier alpha value is -4.95. The lowest BCUT2D eigenvalue weighted by Crippen LogP contribution is -2.25. The van der Waals surface area contributed by atoms with E-state index in [1.54, 1.807) is 0 Å². The molecule has 0 unspecified atom stereocenters. The molecule has 670 valence electrons. The number of benzene rings is 5. The van der Waals surface area contributed by atoms with Crippen LogP contribution in [0.4, 0.5) is 65.9 Å². The van der Waals surface area contributed by atoms with Gasteiger partial charge in [-0.15, -0.1) is 0 Å². The van der Waals surface area contributed by atoms with E-state index >= 15 is 0 Å². The van der Waals surface area contributed by atoms with Crippen molar-refractivity contribution in [1.29, 1.82) is 0 Å². The molecule has 0 heterocycles. The van der Waals surface area contributed by atoms with Crippen molar-refractivity contribution in [2.75, 3.05) is 0 Å². The van der Waals surface area contributed by atoms with Crippen LogP contribution in [0, 0.1) is 176 Å². The number of unbranched alkanes of at least 4 members (excludes halogenated alkanes) is 3. The van der Waals surface area contributed by atoms with Gasteiger partial charge in [0, 0.05) is 0 Å². The summed E-state index contributed by atoms with van der Waals surface area (Å²) in [6.45, 7) is 11.4. The summed E-state index contributed by atoms with van der Waals surface area (Å²) in [5.41, 5.74) is 3.18. The zero-order valence-corrected chi connectivity index (χ0v) is 73.3. The Morgan fingerprint density at radius 3 is 0.558 bits per heavy atom. The van der Waals surface area contributed by atoms with Crippen molar-refractivity contribution in [3.63, 3.8) is 0 Å². The summed E-state index contributed by atoms with van der Waals surface area (Å²) < 4.78 is 200. The molecular formula is C105H145F15. The fourth-order valence-electron chi connectivity index (χ4n) is 24.9. The molecule has 0 atom stereocenters. The van der Waals surface area contributed by atoms with Crippen LogP contribution in [0.1, 0.15) is 413 Å². The summed E-state index contributed by atoms with van der Waals surface area (Å²) in [6, 6.07) is 11.9. The minimum Gasteiger partial charge on any atom is -0.204 e. The van der Waals surface area contributed by atoms with Crippen LogP contribution in [0.15, 0.2) is 60.7 Å².